The van der Waals surface area contributed by atoms with Crippen molar-refractivity contribution in [3.63, 3.8) is 0 Å². The highest BCUT2D eigenvalue weighted by Crippen LogP contribution is 2.21. The Morgan fingerprint density at radius 1 is 1.43 bits per heavy atom. The zero-order chi connectivity index (χ0) is 10.3. The van der Waals surface area contributed by atoms with Crippen LogP contribution in [0, 0.1) is 5.82 Å². The molecule has 0 bridgehead atoms. The van der Waals surface area contributed by atoms with Crippen molar-refractivity contribution >= 4 is 18.6 Å². The zero-order valence-corrected chi connectivity index (χ0v) is 7.03. The van der Waals surface area contributed by atoms with E-state index in [-0.39, 0.29) is 23.2 Å². The lowest BCUT2D eigenvalue weighted by atomic mass is 9.78. The maximum atomic E-state index is 13.4. The van der Waals surface area contributed by atoms with Crippen LogP contribution in [0.25, 0.3) is 0 Å². The predicted octanol–water partition coefficient (Wildman–Crippen LogP) is -0.824. The summed E-state index contributed by atoms with van der Waals surface area (Å²) in [5.74, 6) is -1.37. The van der Waals surface area contributed by atoms with Gasteiger partial charge in [-0.1, -0.05) is 6.07 Å². The van der Waals surface area contributed by atoms with Gasteiger partial charge in [-0.2, -0.15) is 0 Å². The van der Waals surface area contributed by atoms with Gasteiger partial charge in [0.25, 0.3) is 0 Å². The number of cyclic esters (lactones) is 1. The van der Waals surface area contributed by atoms with Crippen molar-refractivity contribution in [2.24, 2.45) is 0 Å². The van der Waals surface area contributed by atoms with Crippen molar-refractivity contribution in [1.29, 1.82) is 0 Å². The van der Waals surface area contributed by atoms with E-state index in [4.69, 9.17) is 10.0 Å². The van der Waals surface area contributed by atoms with Crippen molar-refractivity contribution in [3.05, 3.63) is 29.1 Å². The molecule has 0 saturated heterocycles. The molecule has 4 nitrogen and oxygen atoms in total. The number of hydrogen-bond acceptors (Lipinski definition) is 4. The molecule has 2 N–H and O–H groups in total. The van der Waals surface area contributed by atoms with Crippen LogP contribution in [-0.4, -0.2) is 23.1 Å². The molecule has 1 aromatic rings. The van der Waals surface area contributed by atoms with Gasteiger partial charge in [-0.3, -0.25) is 0 Å². The molecule has 14 heavy (non-hydrogen) atoms. The lowest BCUT2D eigenvalue weighted by molar-refractivity contribution is 0.0534. The van der Waals surface area contributed by atoms with Gasteiger partial charge in [0.1, 0.15) is 12.4 Å². The van der Waals surface area contributed by atoms with Gasteiger partial charge in [0, 0.05) is 11.0 Å². The molecule has 0 atom stereocenters. The maximum Gasteiger partial charge on any atom is 0.491 e. The standard InChI is InChI=1S/C8H6BFO4/c10-7-5-3-14-8(11)4(5)1-2-6(7)9(12)13/h1-2,12-13H,3H2. The molecule has 0 aromatic heterocycles. The lowest BCUT2D eigenvalue weighted by Crippen LogP contribution is -2.33. The van der Waals surface area contributed by atoms with Crippen LogP contribution < -0.4 is 5.46 Å². The topological polar surface area (TPSA) is 66.8 Å². The second-order valence-corrected chi connectivity index (χ2v) is 2.94. The highest BCUT2D eigenvalue weighted by molar-refractivity contribution is 6.58. The Labute approximate surface area is 79.1 Å². The first-order chi connectivity index (χ1) is 6.61. The van der Waals surface area contributed by atoms with Gasteiger partial charge >= 0.3 is 13.1 Å². The number of carbonyl (C=O) groups is 1. The zero-order valence-electron chi connectivity index (χ0n) is 7.03. The third-order valence-corrected chi connectivity index (χ3v) is 2.12. The van der Waals surface area contributed by atoms with E-state index in [0.29, 0.717) is 0 Å². The van der Waals surface area contributed by atoms with Crippen LogP contribution in [-0.2, 0) is 11.3 Å². The average molecular weight is 196 g/mol. The van der Waals surface area contributed by atoms with E-state index in [0.717, 1.165) is 6.07 Å². The van der Waals surface area contributed by atoms with Crippen LogP contribution in [0.1, 0.15) is 15.9 Å². The molecule has 72 valence electrons. The molecular formula is C8H6BFO4. The molecule has 0 unspecified atom stereocenters. The van der Waals surface area contributed by atoms with Crippen LogP contribution in [0.15, 0.2) is 12.1 Å². The van der Waals surface area contributed by atoms with Crippen LogP contribution >= 0.6 is 0 Å². The second kappa shape index (κ2) is 3.07. The van der Waals surface area contributed by atoms with E-state index in [2.05, 4.69) is 4.74 Å². The summed E-state index contributed by atoms with van der Waals surface area (Å²) in [6.45, 7) is -0.152. The largest absolute Gasteiger partial charge is 0.491 e. The average Bonchev–Trinajstić information content (AvgIpc) is 2.49. The van der Waals surface area contributed by atoms with Gasteiger partial charge in [-0.05, 0) is 6.07 Å². The number of rotatable bonds is 1. The van der Waals surface area contributed by atoms with Crippen molar-refractivity contribution in [2.75, 3.05) is 0 Å². The third-order valence-electron chi connectivity index (χ3n) is 2.12. The van der Waals surface area contributed by atoms with E-state index in [9.17, 15) is 9.18 Å². The summed E-state index contributed by atoms with van der Waals surface area (Å²) in [6.07, 6.45) is 0. The Morgan fingerprint density at radius 3 is 2.79 bits per heavy atom. The van der Waals surface area contributed by atoms with E-state index in [1.807, 2.05) is 0 Å². The summed E-state index contributed by atoms with van der Waals surface area (Å²) in [4.78, 5) is 11.0. The molecule has 0 radical (unpaired) electrons. The minimum absolute atomic E-state index is 0.0839. The monoisotopic (exact) mass is 196 g/mol. The van der Waals surface area contributed by atoms with E-state index < -0.39 is 18.9 Å². The SMILES string of the molecule is O=C1OCc2c1ccc(B(O)O)c2F. The minimum atomic E-state index is -1.88. The normalized spacial score (nSPS) is 13.8. The molecule has 0 amide bonds. The number of hydrogen-bond donors (Lipinski definition) is 2. The summed E-state index contributed by atoms with van der Waals surface area (Å²) >= 11 is 0. The van der Waals surface area contributed by atoms with Crippen molar-refractivity contribution in [3.8, 4) is 0 Å². The van der Waals surface area contributed by atoms with Gasteiger partial charge in [0.2, 0.25) is 0 Å². The molecule has 6 heteroatoms. The summed E-state index contributed by atoms with van der Waals surface area (Å²) in [5, 5.41) is 17.6. The highest BCUT2D eigenvalue weighted by atomic mass is 19.1. The molecule has 0 saturated carbocycles. The molecule has 0 spiro atoms. The van der Waals surface area contributed by atoms with Crippen molar-refractivity contribution in [1.82, 2.24) is 0 Å². The summed E-state index contributed by atoms with van der Waals surface area (Å²) < 4.78 is 18.0. The Bertz CT molecular complexity index is 405. The number of halogens is 1. The number of benzene rings is 1. The van der Waals surface area contributed by atoms with Crippen LogP contribution in [0.4, 0.5) is 4.39 Å². The first-order valence-corrected chi connectivity index (χ1v) is 3.96. The molecular weight excluding hydrogens is 190 g/mol. The molecule has 1 aliphatic rings. The summed E-state index contributed by atoms with van der Waals surface area (Å²) in [7, 11) is -1.88. The van der Waals surface area contributed by atoms with Crippen molar-refractivity contribution < 1.29 is 24.0 Å². The van der Waals surface area contributed by atoms with Crippen molar-refractivity contribution in [2.45, 2.75) is 6.61 Å². The quantitative estimate of drug-likeness (QED) is 0.454. The van der Waals surface area contributed by atoms with Gasteiger partial charge in [0.15, 0.2) is 0 Å². The molecule has 1 aromatic carbocycles. The highest BCUT2D eigenvalue weighted by Gasteiger charge is 2.28. The first kappa shape index (κ1) is 9.17. The molecule has 1 heterocycles. The molecule has 2 rings (SSSR count). The van der Waals surface area contributed by atoms with E-state index in [1.165, 1.54) is 6.07 Å². The molecule has 0 fully saturated rings. The summed E-state index contributed by atoms with van der Waals surface area (Å²) in [6, 6.07) is 2.48. The minimum Gasteiger partial charge on any atom is -0.457 e. The third kappa shape index (κ3) is 1.20. The van der Waals surface area contributed by atoms with E-state index in [1.54, 1.807) is 0 Å². The van der Waals surface area contributed by atoms with Gasteiger partial charge in [0.05, 0.1) is 5.56 Å². The van der Waals surface area contributed by atoms with E-state index >= 15 is 0 Å². The maximum absolute atomic E-state index is 13.4. The van der Waals surface area contributed by atoms with Gasteiger partial charge < -0.3 is 14.8 Å². The fourth-order valence-electron chi connectivity index (χ4n) is 1.39. The smallest absolute Gasteiger partial charge is 0.457 e. The fourth-order valence-corrected chi connectivity index (χ4v) is 1.39. The Morgan fingerprint density at radius 2 is 2.14 bits per heavy atom. The number of carbonyl (C=O) groups excluding carboxylic acids is 1. The van der Waals surface area contributed by atoms with Crippen LogP contribution in [0.5, 0.6) is 0 Å². The Hall–Kier alpha value is -1.40. The molecule has 0 aliphatic carbocycles. The fraction of sp³-hybridized carbons (Fsp3) is 0.125. The predicted molar refractivity (Wildman–Crippen MR) is 45.3 cm³/mol. The van der Waals surface area contributed by atoms with Crippen LogP contribution in [0.2, 0.25) is 0 Å². The second-order valence-electron chi connectivity index (χ2n) is 2.94. The molecule has 1 aliphatic heterocycles. The van der Waals surface area contributed by atoms with Gasteiger partial charge in [-0.25, -0.2) is 9.18 Å². The van der Waals surface area contributed by atoms with Crippen LogP contribution in [0.3, 0.4) is 0 Å². The number of esters is 1. The summed E-state index contributed by atoms with van der Waals surface area (Å²) in [5.41, 5.74) is -0.0189. The lowest BCUT2D eigenvalue weighted by Gasteiger charge is -2.03. The Kier molecular flexibility index (Phi) is 2.01. The number of fused-ring (bicyclic) bond motifs is 1. The Balaban J connectivity index is 2.58. The first-order valence-electron chi connectivity index (χ1n) is 3.96. The van der Waals surface area contributed by atoms with Gasteiger partial charge in [-0.15, -0.1) is 0 Å². The number of ether oxygens (including phenoxy) is 1.